The van der Waals surface area contributed by atoms with Gasteiger partial charge in [0.15, 0.2) is 17.3 Å². The molecule has 26 heavy (non-hydrogen) atoms. The molecule has 1 spiro atoms. The van der Waals surface area contributed by atoms with E-state index < -0.39 is 16.6 Å². The topological polar surface area (TPSA) is 71.4 Å². The minimum absolute atomic E-state index is 0.0464. The summed E-state index contributed by atoms with van der Waals surface area (Å²) in [6, 6.07) is 0. The number of ketones is 3. The second-order valence-corrected chi connectivity index (χ2v) is 9.54. The average molecular weight is 358 g/mol. The lowest BCUT2D eigenvalue weighted by molar-refractivity contribution is -0.144. The molecular weight excluding hydrogens is 328 g/mol. The number of aliphatic hydroxyl groups excluding tert-OH is 1. The maximum atomic E-state index is 13.6. The van der Waals surface area contributed by atoms with Crippen LogP contribution in [0.25, 0.3) is 0 Å². The van der Waals surface area contributed by atoms with Gasteiger partial charge in [0.2, 0.25) is 0 Å². The molecule has 0 saturated heterocycles. The minimum atomic E-state index is -1.19. The molecule has 0 radical (unpaired) electrons. The fourth-order valence-corrected chi connectivity index (χ4v) is 5.92. The van der Waals surface area contributed by atoms with Crippen molar-refractivity contribution in [3.63, 3.8) is 0 Å². The van der Waals surface area contributed by atoms with Crippen LogP contribution in [0.4, 0.5) is 0 Å². The van der Waals surface area contributed by atoms with Gasteiger partial charge in [-0.05, 0) is 50.4 Å². The van der Waals surface area contributed by atoms with E-state index in [0.29, 0.717) is 19.3 Å². The standard InChI is InChI=1S/C22H30O4/c1-8-12(4)16(23)15-17(24)21(7)10-14-20(5,6)13(11(2)3)9-22(14,18(15)25)19(21)26/h12-14,24H,2,8-10H2,1,3-7H3/t12-,13-,14-,21-,22-/m0/s1. The summed E-state index contributed by atoms with van der Waals surface area (Å²) in [5.41, 5.74) is -1.75. The summed E-state index contributed by atoms with van der Waals surface area (Å²) in [4.78, 5) is 39.9. The highest BCUT2D eigenvalue weighted by Gasteiger charge is 2.76. The molecule has 0 unspecified atom stereocenters. The summed E-state index contributed by atoms with van der Waals surface area (Å²) in [6.45, 7) is 15.6. The number of rotatable bonds is 4. The van der Waals surface area contributed by atoms with Gasteiger partial charge >= 0.3 is 0 Å². The number of carbonyl (C=O) groups excluding carboxylic acids is 3. The largest absolute Gasteiger partial charge is 0.510 e. The first-order valence-electron chi connectivity index (χ1n) is 9.60. The Bertz CT molecular complexity index is 771. The van der Waals surface area contributed by atoms with E-state index in [1.807, 2.05) is 13.8 Å². The summed E-state index contributed by atoms with van der Waals surface area (Å²) >= 11 is 0. The van der Waals surface area contributed by atoms with E-state index in [-0.39, 0.29) is 46.1 Å². The van der Waals surface area contributed by atoms with Crippen molar-refractivity contribution in [3.8, 4) is 0 Å². The van der Waals surface area contributed by atoms with E-state index in [0.717, 1.165) is 5.57 Å². The third kappa shape index (κ3) is 1.93. The lowest BCUT2D eigenvalue weighted by Gasteiger charge is -2.35. The molecule has 4 heteroatoms. The highest BCUT2D eigenvalue weighted by atomic mass is 16.3. The molecule has 2 fully saturated rings. The molecule has 0 aromatic rings. The van der Waals surface area contributed by atoms with Gasteiger partial charge in [0.1, 0.15) is 11.3 Å². The molecule has 0 aromatic heterocycles. The Hall–Kier alpha value is -1.71. The first-order valence-corrected chi connectivity index (χ1v) is 9.60. The molecule has 3 aliphatic rings. The van der Waals surface area contributed by atoms with Crippen LogP contribution in [0.15, 0.2) is 23.5 Å². The normalized spacial score (nSPS) is 39.2. The van der Waals surface area contributed by atoms with Crippen LogP contribution >= 0.6 is 0 Å². The molecule has 3 rings (SSSR count). The van der Waals surface area contributed by atoms with E-state index in [1.54, 1.807) is 13.8 Å². The van der Waals surface area contributed by atoms with Crippen molar-refractivity contribution >= 4 is 17.3 Å². The zero-order valence-corrected chi connectivity index (χ0v) is 16.7. The molecule has 2 bridgehead atoms. The van der Waals surface area contributed by atoms with Crippen molar-refractivity contribution in [1.29, 1.82) is 0 Å². The lowest BCUT2D eigenvalue weighted by Crippen LogP contribution is -2.49. The molecule has 3 aliphatic carbocycles. The summed E-state index contributed by atoms with van der Waals surface area (Å²) in [5.74, 6) is -1.76. The van der Waals surface area contributed by atoms with E-state index in [9.17, 15) is 19.5 Å². The highest BCUT2D eigenvalue weighted by molar-refractivity contribution is 6.32. The Morgan fingerprint density at radius 3 is 2.35 bits per heavy atom. The Kier molecular flexibility index (Phi) is 3.96. The molecular formula is C22H30O4. The van der Waals surface area contributed by atoms with Gasteiger partial charge in [-0.2, -0.15) is 0 Å². The lowest BCUT2D eigenvalue weighted by atomic mass is 9.64. The fourth-order valence-electron chi connectivity index (χ4n) is 5.92. The van der Waals surface area contributed by atoms with Gasteiger partial charge in [0.25, 0.3) is 0 Å². The third-order valence-corrected chi connectivity index (χ3v) is 7.73. The summed E-state index contributed by atoms with van der Waals surface area (Å²) in [6.07, 6.45) is 1.40. The Labute approximate surface area is 155 Å². The summed E-state index contributed by atoms with van der Waals surface area (Å²) in [5, 5.41) is 10.9. The van der Waals surface area contributed by atoms with Gasteiger partial charge in [-0.3, -0.25) is 14.4 Å². The maximum absolute atomic E-state index is 13.6. The van der Waals surface area contributed by atoms with Crippen molar-refractivity contribution < 1.29 is 19.5 Å². The molecule has 0 aliphatic heterocycles. The van der Waals surface area contributed by atoms with Crippen LogP contribution in [0.2, 0.25) is 0 Å². The van der Waals surface area contributed by atoms with Gasteiger partial charge in [0.05, 0.1) is 10.8 Å². The molecule has 2 saturated carbocycles. The van der Waals surface area contributed by atoms with Gasteiger partial charge in [-0.25, -0.2) is 0 Å². The van der Waals surface area contributed by atoms with Gasteiger partial charge in [-0.1, -0.05) is 39.8 Å². The van der Waals surface area contributed by atoms with Crippen molar-refractivity contribution in [2.75, 3.05) is 0 Å². The molecule has 1 N–H and O–H groups in total. The molecule has 5 atom stereocenters. The first kappa shape index (κ1) is 19.1. The van der Waals surface area contributed by atoms with Crippen LogP contribution < -0.4 is 0 Å². The van der Waals surface area contributed by atoms with Gasteiger partial charge < -0.3 is 5.11 Å². The fraction of sp³-hybridized carbons (Fsp3) is 0.682. The highest BCUT2D eigenvalue weighted by Crippen LogP contribution is 2.71. The number of carbonyl (C=O) groups is 3. The van der Waals surface area contributed by atoms with E-state index in [2.05, 4.69) is 20.4 Å². The Balaban J connectivity index is 2.23. The predicted octanol–water partition coefficient (Wildman–Crippen LogP) is 4.20. The monoisotopic (exact) mass is 358 g/mol. The van der Waals surface area contributed by atoms with Crippen molar-refractivity contribution in [2.24, 2.45) is 34.0 Å². The minimum Gasteiger partial charge on any atom is -0.510 e. The summed E-state index contributed by atoms with van der Waals surface area (Å²) in [7, 11) is 0. The van der Waals surface area contributed by atoms with E-state index in [1.165, 1.54) is 0 Å². The second-order valence-electron chi connectivity index (χ2n) is 9.54. The number of Topliss-reactive ketones (excluding diaryl/α,β-unsaturated/α-hetero) is 3. The van der Waals surface area contributed by atoms with Crippen LogP contribution in [0.3, 0.4) is 0 Å². The number of fused-ring (bicyclic) bond motifs is 1. The SMILES string of the molecule is C=C(C)[C@@H]1C[C@@]23C(=O)C(C(=O)[C@@H](C)CC)=C(O)[C@](C)(C[C@H]2C1(C)C)C3=O. The molecule has 0 heterocycles. The van der Waals surface area contributed by atoms with Crippen molar-refractivity contribution in [2.45, 2.75) is 60.8 Å². The molecule has 0 amide bonds. The van der Waals surface area contributed by atoms with Crippen molar-refractivity contribution in [1.82, 2.24) is 0 Å². The van der Waals surface area contributed by atoms with Crippen LogP contribution in [-0.2, 0) is 14.4 Å². The number of aliphatic hydroxyl groups is 1. The van der Waals surface area contributed by atoms with Gasteiger partial charge in [-0.15, -0.1) is 0 Å². The zero-order valence-electron chi connectivity index (χ0n) is 16.7. The number of hydrogen-bond acceptors (Lipinski definition) is 4. The number of hydrogen-bond donors (Lipinski definition) is 1. The second kappa shape index (κ2) is 5.40. The van der Waals surface area contributed by atoms with Crippen LogP contribution in [0.1, 0.15) is 60.8 Å². The molecule has 142 valence electrons. The van der Waals surface area contributed by atoms with Crippen LogP contribution in [0, 0.1) is 34.0 Å². The number of allylic oxidation sites excluding steroid dienone is 3. The Morgan fingerprint density at radius 1 is 1.27 bits per heavy atom. The average Bonchev–Trinajstić information content (AvgIpc) is 2.92. The van der Waals surface area contributed by atoms with Gasteiger partial charge in [0, 0.05) is 5.92 Å². The molecule has 0 aromatic carbocycles. The van der Waals surface area contributed by atoms with Crippen LogP contribution in [0.5, 0.6) is 0 Å². The first-order chi connectivity index (χ1) is 11.9. The maximum Gasteiger partial charge on any atom is 0.183 e. The quantitative estimate of drug-likeness (QED) is 0.464. The van der Waals surface area contributed by atoms with E-state index in [4.69, 9.17) is 0 Å². The van der Waals surface area contributed by atoms with Crippen molar-refractivity contribution in [3.05, 3.63) is 23.5 Å². The zero-order chi connectivity index (χ0) is 19.8. The summed E-state index contributed by atoms with van der Waals surface area (Å²) < 4.78 is 0. The Morgan fingerprint density at radius 2 is 1.85 bits per heavy atom. The van der Waals surface area contributed by atoms with E-state index >= 15 is 0 Å². The third-order valence-electron chi connectivity index (χ3n) is 7.73. The van der Waals surface area contributed by atoms with Crippen LogP contribution in [-0.4, -0.2) is 22.5 Å². The smallest absolute Gasteiger partial charge is 0.183 e. The molecule has 4 nitrogen and oxygen atoms in total. The predicted molar refractivity (Wildman–Crippen MR) is 99.5 cm³/mol.